The molecule has 0 saturated heterocycles. The summed E-state index contributed by atoms with van der Waals surface area (Å²) in [6, 6.07) is 32.7. The summed E-state index contributed by atoms with van der Waals surface area (Å²) in [5.74, 6) is 0. The van der Waals surface area contributed by atoms with Crippen molar-refractivity contribution in [2.75, 3.05) is 0 Å². The van der Waals surface area contributed by atoms with E-state index < -0.39 is 0 Å². The highest BCUT2D eigenvalue weighted by Crippen LogP contribution is 2.42. The van der Waals surface area contributed by atoms with Gasteiger partial charge in [-0.3, -0.25) is 9.89 Å². The van der Waals surface area contributed by atoms with E-state index in [1.54, 1.807) is 0 Å². The van der Waals surface area contributed by atoms with Gasteiger partial charge in [0.05, 0.1) is 0 Å². The Kier molecular flexibility index (Phi) is 4.26. The van der Waals surface area contributed by atoms with Crippen molar-refractivity contribution in [1.82, 2.24) is 10.2 Å². The number of fused-ring (bicyclic) bond motifs is 1. The zero-order valence-electron chi connectivity index (χ0n) is 15.7. The van der Waals surface area contributed by atoms with E-state index >= 15 is 0 Å². The van der Waals surface area contributed by atoms with Gasteiger partial charge in [0.1, 0.15) is 11.4 Å². The van der Waals surface area contributed by atoms with E-state index in [9.17, 15) is 4.79 Å². The summed E-state index contributed by atoms with van der Waals surface area (Å²) in [5.41, 5.74) is 6.26. The molecule has 0 saturated carbocycles. The minimum absolute atomic E-state index is 0.484. The van der Waals surface area contributed by atoms with Gasteiger partial charge in [0.25, 0.3) is 0 Å². The molecule has 5 aromatic rings. The second kappa shape index (κ2) is 7.21. The van der Waals surface area contributed by atoms with Crippen LogP contribution in [0.2, 0.25) is 0 Å². The van der Waals surface area contributed by atoms with E-state index in [0.29, 0.717) is 5.69 Å². The number of H-pyrrole nitrogens is 1. The molecule has 3 nitrogen and oxygen atoms in total. The standard InChI is InChI=1S/C26H18N2O/c29-17-23-25(26(28-27-23)20-12-5-2-6-13-20)24-21-14-8-7-11-19(21)15-16-22(24)18-9-3-1-4-10-18/h1-17H,(H,27,28). The maximum absolute atomic E-state index is 12.0. The molecule has 4 aromatic carbocycles. The Morgan fingerprint density at radius 1 is 0.655 bits per heavy atom. The van der Waals surface area contributed by atoms with E-state index in [-0.39, 0.29) is 0 Å². The first kappa shape index (κ1) is 17.1. The van der Waals surface area contributed by atoms with Crippen LogP contribution in [0, 0.1) is 0 Å². The van der Waals surface area contributed by atoms with Crippen molar-refractivity contribution in [2.45, 2.75) is 0 Å². The normalized spacial score (nSPS) is 10.9. The number of aldehydes is 1. The van der Waals surface area contributed by atoms with Crippen molar-refractivity contribution < 1.29 is 4.79 Å². The molecule has 0 bridgehead atoms. The van der Waals surface area contributed by atoms with Crippen LogP contribution in [0.25, 0.3) is 44.3 Å². The van der Waals surface area contributed by atoms with Crippen molar-refractivity contribution in [3.05, 3.63) is 103 Å². The molecule has 0 unspecified atom stereocenters. The molecule has 3 heteroatoms. The highest BCUT2D eigenvalue weighted by atomic mass is 16.1. The number of aromatic amines is 1. The lowest BCUT2D eigenvalue weighted by Crippen LogP contribution is -1.92. The molecular formula is C26H18N2O. The van der Waals surface area contributed by atoms with E-state index in [1.165, 1.54) is 0 Å². The molecule has 0 aliphatic carbocycles. The highest BCUT2D eigenvalue weighted by molar-refractivity contribution is 6.09. The number of carbonyl (C=O) groups excluding carboxylic acids is 1. The van der Waals surface area contributed by atoms with Crippen LogP contribution in [0.4, 0.5) is 0 Å². The quantitative estimate of drug-likeness (QED) is 0.371. The molecule has 0 aliphatic rings. The van der Waals surface area contributed by atoms with Gasteiger partial charge in [-0.2, -0.15) is 5.10 Å². The molecule has 0 amide bonds. The second-order valence-electron chi connectivity index (χ2n) is 6.92. The Labute approximate surface area is 168 Å². The maximum atomic E-state index is 12.0. The third kappa shape index (κ3) is 2.93. The molecule has 0 spiro atoms. The minimum Gasteiger partial charge on any atom is -0.296 e. The first-order chi connectivity index (χ1) is 14.4. The summed E-state index contributed by atoms with van der Waals surface area (Å²) >= 11 is 0. The van der Waals surface area contributed by atoms with Crippen LogP contribution < -0.4 is 0 Å². The summed E-state index contributed by atoms with van der Waals surface area (Å²) in [7, 11) is 0. The Morgan fingerprint density at radius 3 is 2.03 bits per heavy atom. The number of carbonyl (C=O) groups is 1. The fourth-order valence-corrected chi connectivity index (χ4v) is 3.90. The summed E-state index contributed by atoms with van der Waals surface area (Å²) in [4.78, 5) is 12.0. The third-order valence-electron chi connectivity index (χ3n) is 5.22. The van der Waals surface area contributed by atoms with Crippen molar-refractivity contribution >= 4 is 17.1 Å². The Balaban J connectivity index is 1.91. The van der Waals surface area contributed by atoms with Gasteiger partial charge >= 0.3 is 0 Å². The molecule has 5 rings (SSSR count). The molecular weight excluding hydrogens is 356 g/mol. The summed E-state index contributed by atoms with van der Waals surface area (Å²) in [5, 5.41) is 9.68. The van der Waals surface area contributed by atoms with Gasteiger partial charge < -0.3 is 0 Å². The van der Waals surface area contributed by atoms with Crippen LogP contribution in [0.3, 0.4) is 0 Å². The molecule has 0 aliphatic heterocycles. The van der Waals surface area contributed by atoms with E-state index in [2.05, 4.69) is 46.6 Å². The van der Waals surface area contributed by atoms with E-state index in [0.717, 1.165) is 50.6 Å². The van der Waals surface area contributed by atoms with Crippen LogP contribution in [-0.4, -0.2) is 16.5 Å². The van der Waals surface area contributed by atoms with E-state index in [1.807, 2.05) is 60.7 Å². The number of benzene rings is 4. The Bertz CT molecular complexity index is 1300. The van der Waals surface area contributed by atoms with E-state index in [4.69, 9.17) is 0 Å². The van der Waals surface area contributed by atoms with Gasteiger partial charge in [-0.05, 0) is 21.9 Å². The molecule has 0 atom stereocenters. The first-order valence-corrected chi connectivity index (χ1v) is 9.53. The Morgan fingerprint density at radius 2 is 1.31 bits per heavy atom. The van der Waals surface area contributed by atoms with Gasteiger partial charge in [-0.15, -0.1) is 0 Å². The van der Waals surface area contributed by atoms with Crippen LogP contribution in [0.15, 0.2) is 97.1 Å². The van der Waals surface area contributed by atoms with Gasteiger partial charge in [0, 0.05) is 16.7 Å². The average Bonchev–Trinajstić information content (AvgIpc) is 3.23. The largest absolute Gasteiger partial charge is 0.296 e. The van der Waals surface area contributed by atoms with Gasteiger partial charge in [0.15, 0.2) is 6.29 Å². The van der Waals surface area contributed by atoms with Crippen LogP contribution >= 0.6 is 0 Å². The fraction of sp³-hybridized carbons (Fsp3) is 0. The molecule has 138 valence electrons. The number of rotatable bonds is 4. The molecule has 0 radical (unpaired) electrons. The van der Waals surface area contributed by atoms with Gasteiger partial charge in [-0.1, -0.05) is 97.1 Å². The molecule has 1 N–H and O–H groups in total. The number of nitrogens with one attached hydrogen (secondary N) is 1. The molecule has 29 heavy (non-hydrogen) atoms. The number of hydrogen-bond donors (Lipinski definition) is 1. The van der Waals surface area contributed by atoms with Gasteiger partial charge in [-0.25, -0.2) is 0 Å². The maximum Gasteiger partial charge on any atom is 0.168 e. The zero-order chi connectivity index (χ0) is 19.6. The minimum atomic E-state index is 0.484. The highest BCUT2D eigenvalue weighted by Gasteiger charge is 2.21. The molecule has 1 aromatic heterocycles. The van der Waals surface area contributed by atoms with Crippen LogP contribution in [0.1, 0.15) is 10.5 Å². The van der Waals surface area contributed by atoms with Crippen molar-refractivity contribution in [2.24, 2.45) is 0 Å². The lowest BCUT2D eigenvalue weighted by molar-refractivity contribution is 0.111. The van der Waals surface area contributed by atoms with Crippen molar-refractivity contribution in [3.8, 4) is 33.5 Å². The lowest BCUT2D eigenvalue weighted by Gasteiger charge is -2.15. The molecule has 1 heterocycles. The zero-order valence-corrected chi connectivity index (χ0v) is 15.7. The summed E-state index contributed by atoms with van der Waals surface area (Å²) in [6.07, 6.45) is 0.852. The Hall–Kier alpha value is -3.98. The van der Waals surface area contributed by atoms with Crippen molar-refractivity contribution in [3.63, 3.8) is 0 Å². The molecule has 0 fully saturated rings. The van der Waals surface area contributed by atoms with Crippen molar-refractivity contribution in [1.29, 1.82) is 0 Å². The SMILES string of the molecule is O=Cc1[nH]nc(-c2ccccc2)c1-c1c(-c2ccccc2)ccc2ccccc12. The number of hydrogen-bond acceptors (Lipinski definition) is 2. The van der Waals surface area contributed by atoms with Gasteiger partial charge in [0.2, 0.25) is 0 Å². The smallest absolute Gasteiger partial charge is 0.168 e. The predicted molar refractivity (Wildman–Crippen MR) is 118 cm³/mol. The average molecular weight is 374 g/mol. The first-order valence-electron chi connectivity index (χ1n) is 9.53. The number of aromatic nitrogens is 2. The predicted octanol–water partition coefficient (Wildman–Crippen LogP) is 6.38. The monoisotopic (exact) mass is 374 g/mol. The fourth-order valence-electron chi connectivity index (χ4n) is 3.90. The number of nitrogens with zero attached hydrogens (tertiary/aromatic N) is 1. The van der Waals surface area contributed by atoms with Crippen LogP contribution in [-0.2, 0) is 0 Å². The topological polar surface area (TPSA) is 45.8 Å². The lowest BCUT2D eigenvalue weighted by atomic mass is 9.87. The summed E-state index contributed by atoms with van der Waals surface area (Å²) in [6.45, 7) is 0. The third-order valence-corrected chi connectivity index (χ3v) is 5.22. The second-order valence-corrected chi connectivity index (χ2v) is 6.92. The van der Waals surface area contributed by atoms with Crippen LogP contribution in [0.5, 0.6) is 0 Å². The summed E-state index contributed by atoms with van der Waals surface area (Å²) < 4.78 is 0.